The standard InChI is InChI=1S/C24H23N3O4S/c1-3-30-20(28)13-18-8-10-32-24(18)27(2)23(29)19-12-17-7-9-31-22(17)21(26-19)16-6-4-5-15(11-16)14-25/h4-12H,3,13-14,25H2,1-2H3. The molecule has 0 unspecified atom stereocenters. The summed E-state index contributed by atoms with van der Waals surface area (Å²) in [7, 11) is 1.68. The van der Waals surface area contributed by atoms with Crippen molar-refractivity contribution in [3.05, 3.63) is 70.9 Å². The highest BCUT2D eigenvalue weighted by atomic mass is 32.1. The number of hydrogen-bond donors (Lipinski definition) is 1. The van der Waals surface area contributed by atoms with Gasteiger partial charge in [0, 0.05) is 24.5 Å². The van der Waals surface area contributed by atoms with Crippen molar-refractivity contribution >= 4 is 39.2 Å². The lowest BCUT2D eigenvalue weighted by molar-refractivity contribution is -0.142. The minimum absolute atomic E-state index is 0.107. The fraction of sp³-hybridized carbons (Fsp3) is 0.208. The highest BCUT2D eigenvalue weighted by Gasteiger charge is 2.23. The molecule has 4 rings (SSSR count). The number of benzene rings is 1. The molecular formula is C24H23N3O4S. The van der Waals surface area contributed by atoms with Crippen LogP contribution in [0.4, 0.5) is 5.00 Å². The summed E-state index contributed by atoms with van der Waals surface area (Å²) in [6, 6.07) is 13.1. The van der Waals surface area contributed by atoms with Crippen LogP contribution in [0.2, 0.25) is 0 Å². The van der Waals surface area contributed by atoms with Crippen molar-refractivity contribution in [1.82, 2.24) is 4.98 Å². The van der Waals surface area contributed by atoms with Crippen LogP contribution in [0.25, 0.3) is 22.2 Å². The number of pyridine rings is 1. The molecule has 0 radical (unpaired) electrons. The first-order valence-corrected chi connectivity index (χ1v) is 11.1. The Labute approximate surface area is 189 Å². The molecule has 8 heteroatoms. The molecule has 32 heavy (non-hydrogen) atoms. The normalized spacial score (nSPS) is 11.0. The molecule has 0 fully saturated rings. The number of nitrogens with zero attached hydrogens (tertiary/aromatic N) is 2. The van der Waals surface area contributed by atoms with Crippen molar-refractivity contribution in [2.45, 2.75) is 19.9 Å². The van der Waals surface area contributed by atoms with Gasteiger partial charge in [-0.05, 0) is 47.7 Å². The van der Waals surface area contributed by atoms with Gasteiger partial charge in [0.2, 0.25) is 0 Å². The van der Waals surface area contributed by atoms with Gasteiger partial charge in [0.15, 0.2) is 5.58 Å². The number of carbonyl (C=O) groups is 2. The van der Waals surface area contributed by atoms with Gasteiger partial charge in [0.25, 0.3) is 5.91 Å². The molecule has 0 aliphatic carbocycles. The molecule has 7 nitrogen and oxygen atoms in total. The zero-order chi connectivity index (χ0) is 22.7. The molecule has 0 spiro atoms. The lowest BCUT2D eigenvalue weighted by atomic mass is 10.1. The maximum Gasteiger partial charge on any atom is 0.310 e. The Hall–Kier alpha value is -3.49. The van der Waals surface area contributed by atoms with Crippen molar-refractivity contribution in [2.75, 3.05) is 18.6 Å². The monoisotopic (exact) mass is 449 g/mol. The zero-order valence-electron chi connectivity index (χ0n) is 17.8. The lowest BCUT2D eigenvalue weighted by Gasteiger charge is -2.17. The number of hydrogen-bond acceptors (Lipinski definition) is 7. The number of anilines is 1. The topological polar surface area (TPSA) is 98.7 Å². The second-order valence-corrected chi connectivity index (χ2v) is 8.09. The second kappa shape index (κ2) is 9.33. The third-order valence-electron chi connectivity index (χ3n) is 5.06. The molecule has 4 aromatic rings. The molecule has 3 heterocycles. The molecule has 1 amide bonds. The molecule has 1 aromatic carbocycles. The van der Waals surface area contributed by atoms with Crippen molar-refractivity contribution in [2.24, 2.45) is 5.73 Å². The largest absolute Gasteiger partial charge is 0.466 e. The number of amides is 1. The van der Waals surface area contributed by atoms with E-state index >= 15 is 0 Å². The third-order valence-corrected chi connectivity index (χ3v) is 6.09. The molecule has 0 saturated heterocycles. The minimum Gasteiger partial charge on any atom is -0.466 e. The number of furan rings is 1. The molecule has 3 aromatic heterocycles. The quantitative estimate of drug-likeness (QED) is 0.420. The van der Waals surface area contributed by atoms with E-state index in [1.807, 2.05) is 35.7 Å². The summed E-state index contributed by atoms with van der Waals surface area (Å²) in [4.78, 5) is 31.5. The number of rotatable bonds is 7. The Morgan fingerprint density at radius 3 is 2.84 bits per heavy atom. The Bertz CT molecular complexity index is 1280. The van der Waals surface area contributed by atoms with Gasteiger partial charge in [-0.15, -0.1) is 11.3 Å². The van der Waals surface area contributed by atoms with Gasteiger partial charge in [0.05, 0.1) is 19.3 Å². The van der Waals surface area contributed by atoms with Gasteiger partial charge in [-0.3, -0.25) is 9.59 Å². The van der Waals surface area contributed by atoms with Crippen LogP contribution in [0.1, 0.15) is 28.5 Å². The smallest absolute Gasteiger partial charge is 0.310 e. The first kappa shape index (κ1) is 21.7. The van der Waals surface area contributed by atoms with Crippen molar-refractivity contribution in [3.63, 3.8) is 0 Å². The van der Waals surface area contributed by atoms with Crippen LogP contribution in [0, 0.1) is 0 Å². The Kier molecular flexibility index (Phi) is 6.34. The Morgan fingerprint density at radius 2 is 2.06 bits per heavy atom. The third kappa shape index (κ3) is 4.28. The summed E-state index contributed by atoms with van der Waals surface area (Å²) in [6.07, 6.45) is 1.69. The molecule has 164 valence electrons. The average molecular weight is 450 g/mol. The fourth-order valence-electron chi connectivity index (χ4n) is 3.52. The molecule has 2 N–H and O–H groups in total. The van der Waals surface area contributed by atoms with Gasteiger partial charge in [-0.2, -0.15) is 0 Å². The number of ether oxygens (including phenoxy) is 1. The Balaban J connectivity index is 1.71. The van der Waals surface area contributed by atoms with Gasteiger partial charge in [0.1, 0.15) is 16.4 Å². The maximum atomic E-state index is 13.4. The van der Waals surface area contributed by atoms with E-state index in [1.54, 1.807) is 32.4 Å². The van der Waals surface area contributed by atoms with Crippen LogP contribution in [0.15, 0.2) is 58.5 Å². The summed E-state index contributed by atoms with van der Waals surface area (Å²) in [5.74, 6) is -0.607. The lowest BCUT2D eigenvalue weighted by Crippen LogP contribution is -2.27. The van der Waals surface area contributed by atoms with Crippen molar-refractivity contribution in [3.8, 4) is 11.3 Å². The van der Waals surface area contributed by atoms with Gasteiger partial charge in [-0.25, -0.2) is 4.98 Å². The summed E-state index contributed by atoms with van der Waals surface area (Å²) >= 11 is 1.39. The van der Waals surface area contributed by atoms with Gasteiger partial charge in [-0.1, -0.05) is 18.2 Å². The van der Waals surface area contributed by atoms with Crippen LogP contribution in [0.3, 0.4) is 0 Å². The number of esters is 1. The van der Waals surface area contributed by atoms with Gasteiger partial charge >= 0.3 is 5.97 Å². The van der Waals surface area contributed by atoms with E-state index in [4.69, 9.17) is 14.9 Å². The number of carbonyl (C=O) groups excluding carboxylic acids is 2. The number of fused-ring (bicyclic) bond motifs is 1. The first-order chi connectivity index (χ1) is 15.5. The van der Waals surface area contributed by atoms with E-state index in [0.29, 0.717) is 29.4 Å². The summed E-state index contributed by atoms with van der Waals surface area (Å²) in [5.41, 5.74) is 9.79. The average Bonchev–Trinajstić information content (AvgIpc) is 3.47. The van der Waals surface area contributed by atoms with E-state index in [9.17, 15) is 9.59 Å². The molecule has 0 saturated carbocycles. The molecule has 0 bridgehead atoms. The highest BCUT2D eigenvalue weighted by Crippen LogP contribution is 2.32. The number of nitrogens with two attached hydrogens (primary N) is 1. The maximum absolute atomic E-state index is 13.4. The summed E-state index contributed by atoms with van der Waals surface area (Å²) in [6.45, 7) is 2.48. The summed E-state index contributed by atoms with van der Waals surface area (Å²) in [5, 5.41) is 3.32. The van der Waals surface area contributed by atoms with E-state index in [0.717, 1.165) is 22.1 Å². The molecule has 0 atom stereocenters. The van der Waals surface area contributed by atoms with Crippen LogP contribution in [-0.2, 0) is 22.5 Å². The van der Waals surface area contributed by atoms with Crippen LogP contribution in [-0.4, -0.2) is 30.5 Å². The van der Waals surface area contributed by atoms with Crippen LogP contribution >= 0.6 is 11.3 Å². The predicted octanol–water partition coefficient (Wildman–Crippen LogP) is 4.40. The van der Waals surface area contributed by atoms with Crippen LogP contribution < -0.4 is 10.6 Å². The van der Waals surface area contributed by atoms with Crippen LogP contribution in [0.5, 0.6) is 0 Å². The van der Waals surface area contributed by atoms with Crippen molar-refractivity contribution < 1.29 is 18.7 Å². The van der Waals surface area contributed by atoms with E-state index < -0.39 is 0 Å². The first-order valence-electron chi connectivity index (χ1n) is 10.2. The van der Waals surface area contributed by atoms with E-state index in [2.05, 4.69) is 4.98 Å². The second-order valence-electron chi connectivity index (χ2n) is 7.20. The highest BCUT2D eigenvalue weighted by molar-refractivity contribution is 7.14. The molecule has 0 aliphatic heterocycles. The van der Waals surface area contributed by atoms with Crippen molar-refractivity contribution in [1.29, 1.82) is 0 Å². The molecular weight excluding hydrogens is 426 g/mol. The number of aromatic nitrogens is 1. The SMILES string of the molecule is CCOC(=O)Cc1ccsc1N(C)C(=O)c1cc2ccoc2c(-c2cccc(CN)c2)n1. The Morgan fingerprint density at radius 1 is 1.22 bits per heavy atom. The van der Waals surface area contributed by atoms with Gasteiger partial charge < -0.3 is 19.8 Å². The zero-order valence-corrected chi connectivity index (χ0v) is 18.6. The molecule has 0 aliphatic rings. The number of thiophene rings is 1. The van der Waals surface area contributed by atoms with E-state index in [1.165, 1.54) is 16.2 Å². The minimum atomic E-state index is -0.326. The fourth-order valence-corrected chi connectivity index (χ4v) is 4.41. The van der Waals surface area contributed by atoms with E-state index in [-0.39, 0.29) is 24.0 Å². The summed E-state index contributed by atoms with van der Waals surface area (Å²) < 4.78 is 10.7. The predicted molar refractivity (Wildman–Crippen MR) is 125 cm³/mol.